The standard InChI is InChI=1S/C13H19NO2/c1-2-3-9-16-13(15)12(14)10-11-7-5-4-6-8-11/h4-8,12H,2-3,9-10,14H2,1H3/t12-/m1/s1. The molecule has 0 saturated carbocycles. The summed E-state index contributed by atoms with van der Waals surface area (Å²) < 4.78 is 5.05. The number of benzene rings is 1. The normalized spacial score (nSPS) is 12.1. The summed E-state index contributed by atoms with van der Waals surface area (Å²) in [5, 5.41) is 0. The number of hydrogen-bond donors (Lipinski definition) is 1. The van der Waals surface area contributed by atoms with E-state index in [4.69, 9.17) is 10.5 Å². The zero-order valence-electron chi connectivity index (χ0n) is 9.69. The fourth-order valence-corrected chi connectivity index (χ4v) is 1.38. The lowest BCUT2D eigenvalue weighted by atomic mass is 10.1. The Labute approximate surface area is 96.6 Å². The van der Waals surface area contributed by atoms with Crippen molar-refractivity contribution in [1.82, 2.24) is 0 Å². The second-order valence-electron chi connectivity index (χ2n) is 3.82. The Morgan fingerprint density at radius 2 is 2.06 bits per heavy atom. The molecule has 1 aromatic rings. The maximum absolute atomic E-state index is 11.5. The number of rotatable bonds is 6. The van der Waals surface area contributed by atoms with Crippen molar-refractivity contribution in [2.45, 2.75) is 32.2 Å². The summed E-state index contributed by atoms with van der Waals surface area (Å²) in [6.07, 6.45) is 2.44. The van der Waals surface area contributed by atoms with Crippen LogP contribution < -0.4 is 5.73 Å². The highest BCUT2D eigenvalue weighted by atomic mass is 16.5. The Morgan fingerprint density at radius 1 is 1.38 bits per heavy atom. The van der Waals surface area contributed by atoms with Gasteiger partial charge in [-0.05, 0) is 18.4 Å². The van der Waals surface area contributed by atoms with Crippen molar-refractivity contribution in [2.24, 2.45) is 5.73 Å². The molecule has 0 aliphatic heterocycles. The molecule has 0 unspecified atom stereocenters. The number of hydrogen-bond acceptors (Lipinski definition) is 3. The lowest BCUT2D eigenvalue weighted by Crippen LogP contribution is -2.34. The van der Waals surface area contributed by atoms with Crippen molar-refractivity contribution in [1.29, 1.82) is 0 Å². The van der Waals surface area contributed by atoms with Gasteiger partial charge in [-0.3, -0.25) is 4.79 Å². The molecule has 3 nitrogen and oxygen atoms in total. The van der Waals surface area contributed by atoms with E-state index in [1.54, 1.807) is 0 Å². The maximum atomic E-state index is 11.5. The molecule has 0 spiro atoms. The molecule has 88 valence electrons. The third-order valence-electron chi connectivity index (χ3n) is 2.34. The first-order valence-corrected chi connectivity index (χ1v) is 5.70. The highest BCUT2D eigenvalue weighted by molar-refractivity contribution is 5.75. The minimum absolute atomic E-state index is 0.308. The predicted octanol–water partition coefficient (Wildman–Crippen LogP) is 1.90. The summed E-state index contributed by atoms with van der Waals surface area (Å²) in [5.74, 6) is -0.308. The molecular formula is C13H19NO2. The van der Waals surface area contributed by atoms with E-state index in [0.29, 0.717) is 13.0 Å². The average molecular weight is 221 g/mol. The maximum Gasteiger partial charge on any atom is 0.323 e. The monoisotopic (exact) mass is 221 g/mol. The number of carbonyl (C=O) groups excluding carboxylic acids is 1. The predicted molar refractivity (Wildman–Crippen MR) is 64.0 cm³/mol. The molecule has 16 heavy (non-hydrogen) atoms. The summed E-state index contributed by atoms with van der Waals surface area (Å²) in [4.78, 5) is 11.5. The van der Waals surface area contributed by atoms with Gasteiger partial charge in [0.05, 0.1) is 6.61 Å². The molecule has 1 rings (SSSR count). The fraction of sp³-hybridized carbons (Fsp3) is 0.462. The molecule has 0 heterocycles. The minimum Gasteiger partial charge on any atom is -0.465 e. The van der Waals surface area contributed by atoms with E-state index in [-0.39, 0.29) is 5.97 Å². The molecule has 0 amide bonds. The SMILES string of the molecule is CCCCOC(=O)[C@H](N)Cc1ccccc1. The van der Waals surface area contributed by atoms with Crippen LogP contribution in [0.25, 0.3) is 0 Å². The van der Waals surface area contributed by atoms with Gasteiger partial charge < -0.3 is 10.5 Å². The zero-order valence-corrected chi connectivity index (χ0v) is 9.69. The number of ether oxygens (including phenoxy) is 1. The van der Waals surface area contributed by atoms with Crippen molar-refractivity contribution in [2.75, 3.05) is 6.61 Å². The molecule has 0 fully saturated rings. The first-order valence-electron chi connectivity index (χ1n) is 5.70. The summed E-state index contributed by atoms with van der Waals surface area (Å²) in [5.41, 5.74) is 6.81. The molecule has 3 heteroatoms. The van der Waals surface area contributed by atoms with Crippen LogP contribution in [0.4, 0.5) is 0 Å². The molecule has 2 N–H and O–H groups in total. The molecule has 0 aliphatic rings. The van der Waals surface area contributed by atoms with Crippen LogP contribution in [0.5, 0.6) is 0 Å². The Kier molecular flexibility index (Phi) is 5.57. The first-order chi connectivity index (χ1) is 7.74. The van der Waals surface area contributed by atoms with Gasteiger partial charge in [-0.2, -0.15) is 0 Å². The number of carbonyl (C=O) groups is 1. The van der Waals surface area contributed by atoms with Gasteiger partial charge in [-0.25, -0.2) is 0 Å². The third-order valence-corrected chi connectivity index (χ3v) is 2.34. The average Bonchev–Trinajstić information content (AvgIpc) is 2.30. The largest absolute Gasteiger partial charge is 0.465 e. The highest BCUT2D eigenvalue weighted by Gasteiger charge is 2.14. The second kappa shape index (κ2) is 7.01. The lowest BCUT2D eigenvalue weighted by molar-refractivity contribution is -0.145. The smallest absolute Gasteiger partial charge is 0.323 e. The van der Waals surface area contributed by atoms with E-state index in [0.717, 1.165) is 18.4 Å². The minimum atomic E-state index is -0.556. The van der Waals surface area contributed by atoms with Gasteiger partial charge in [0.15, 0.2) is 0 Å². The molecule has 0 saturated heterocycles. The van der Waals surface area contributed by atoms with Crippen molar-refractivity contribution < 1.29 is 9.53 Å². The summed E-state index contributed by atoms with van der Waals surface area (Å²) in [6.45, 7) is 2.52. The van der Waals surface area contributed by atoms with Gasteiger partial charge in [0.1, 0.15) is 6.04 Å². The molecule has 1 aromatic carbocycles. The number of unbranched alkanes of at least 4 members (excludes halogenated alkanes) is 1. The van der Waals surface area contributed by atoms with Crippen LogP contribution in [0.3, 0.4) is 0 Å². The van der Waals surface area contributed by atoms with Crippen molar-refractivity contribution in [3.8, 4) is 0 Å². The van der Waals surface area contributed by atoms with E-state index < -0.39 is 6.04 Å². The molecule has 1 atom stereocenters. The van der Waals surface area contributed by atoms with Gasteiger partial charge >= 0.3 is 5.97 Å². The Balaban J connectivity index is 2.34. The quantitative estimate of drug-likeness (QED) is 0.589. The summed E-state index contributed by atoms with van der Waals surface area (Å²) in [6, 6.07) is 9.17. The van der Waals surface area contributed by atoms with Crippen LogP contribution in [-0.4, -0.2) is 18.6 Å². The Hall–Kier alpha value is -1.35. The van der Waals surface area contributed by atoms with Gasteiger partial charge in [0.25, 0.3) is 0 Å². The van der Waals surface area contributed by atoms with Crippen LogP contribution in [0.1, 0.15) is 25.3 Å². The van der Waals surface area contributed by atoms with E-state index in [9.17, 15) is 4.79 Å². The number of esters is 1. The summed E-state index contributed by atoms with van der Waals surface area (Å²) in [7, 11) is 0. The van der Waals surface area contributed by atoms with Gasteiger partial charge in [-0.1, -0.05) is 43.7 Å². The molecule has 0 bridgehead atoms. The van der Waals surface area contributed by atoms with E-state index >= 15 is 0 Å². The fourth-order valence-electron chi connectivity index (χ4n) is 1.38. The topological polar surface area (TPSA) is 52.3 Å². The van der Waals surface area contributed by atoms with Gasteiger partial charge in [-0.15, -0.1) is 0 Å². The highest BCUT2D eigenvalue weighted by Crippen LogP contribution is 2.03. The summed E-state index contributed by atoms with van der Waals surface area (Å²) >= 11 is 0. The van der Waals surface area contributed by atoms with Gasteiger partial charge in [0.2, 0.25) is 0 Å². The van der Waals surface area contributed by atoms with Crippen molar-refractivity contribution in [3.05, 3.63) is 35.9 Å². The van der Waals surface area contributed by atoms with E-state index in [1.165, 1.54) is 0 Å². The van der Waals surface area contributed by atoms with Gasteiger partial charge in [0, 0.05) is 0 Å². The van der Waals surface area contributed by atoms with Crippen LogP contribution in [0, 0.1) is 0 Å². The van der Waals surface area contributed by atoms with Crippen LogP contribution in [0.15, 0.2) is 30.3 Å². The molecule has 0 aliphatic carbocycles. The third kappa shape index (κ3) is 4.45. The molecule has 0 radical (unpaired) electrons. The van der Waals surface area contributed by atoms with E-state index in [2.05, 4.69) is 6.92 Å². The van der Waals surface area contributed by atoms with E-state index in [1.807, 2.05) is 30.3 Å². The number of nitrogens with two attached hydrogens (primary N) is 1. The van der Waals surface area contributed by atoms with Crippen LogP contribution in [0.2, 0.25) is 0 Å². The zero-order chi connectivity index (χ0) is 11.8. The second-order valence-corrected chi connectivity index (χ2v) is 3.82. The van der Waals surface area contributed by atoms with Crippen molar-refractivity contribution >= 4 is 5.97 Å². The lowest BCUT2D eigenvalue weighted by Gasteiger charge is -2.11. The molecule has 0 aromatic heterocycles. The first kappa shape index (κ1) is 12.7. The Morgan fingerprint density at radius 3 is 2.69 bits per heavy atom. The Bertz CT molecular complexity index is 311. The van der Waals surface area contributed by atoms with Crippen molar-refractivity contribution in [3.63, 3.8) is 0 Å². The van der Waals surface area contributed by atoms with Crippen LogP contribution >= 0.6 is 0 Å². The molecular weight excluding hydrogens is 202 g/mol. The van der Waals surface area contributed by atoms with Crippen LogP contribution in [-0.2, 0) is 16.0 Å².